The van der Waals surface area contributed by atoms with Crippen molar-refractivity contribution >= 4 is 21.8 Å². The summed E-state index contributed by atoms with van der Waals surface area (Å²) in [6, 6.07) is 7.99. The predicted octanol–water partition coefficient (Wildman–Crippen LogP) is 2.78. The van der Waals surface area contributed by atoms with Crippen LogP contribution >= 0.6 is 15.9 Å². The summed E-state index contributed by atoms with van der Waals surface area (Å²) in [6.07, 6.45) is 3.58. The Morgan fingerprint density at radius 3 is 2.88 bits per heavy atom. The number of hydrogen-bond donors (Lipinski definition) is 1. The molecule has 0 radical (unpaired) electrons. The van der Waals surface area contributed by atoms with E-state index in [1.165, 1.54) is 0 Å². The van der Waals surface area contributed by atoms with Crippen LogP contribution in [0.15, 0.2) is 41.4 Å². The Bertz CT molecular complexity index is 424. The molecule has 1 aromatic carbocycles. The van der Waals surface area contributed by atoms with Crippen LogP contribution in [0, 0.1) is 0 Å². The lowest BCUT2D eigenvalue weighted by Gasteiger charge is -2.15. The number of carbonyl (C=O) groups excluding carboxylic acids is 1. The van der Waals surface area contributed by atoms with Gasteiger partial charge in [0.05, 0.1) is 5.41 Å². The van der Waals surface area contributed by atoms with Crippen molar-refractivity contribution < 1.29 is 4.79 Å². The van der Waals surface area contributed by atoms with Gasteiger partial charge in [0.15, 0.2) is 0 Å². The molecular formula is C13H14BrNO. The molecule has 3 heteroatoms. The van der Waals surface area contributed by atoms with Crippen molar-refractivity contribution in [3.8, 4) is 0 Å². The van der Waals surface area contributed by atoms with Crippen molar-refractivity contribution in [1.82, 2.24) is 5.32 Å². The van der Waals surface area contributed by atoms with Crippen molar-refractivity contribution in [2.75, 3.05) is 6.54 Å². The van der Waals surface area contributed by atoms with E-state index in [0.717, 1.165) is 22.9 Å². The molecule has 0 saturated heterocycles. The molecule has 1 saturated carbocycles. The van der Waals surface area contributed by atoms with Crippen LogP contribution in [-0.4, -0.2) is 12.5 Å². The van der Waals surface area contributed by atoms with E-state index in [-0.39, 0.29) is 11.3 Å². The van der Waals surface area contributed by atoms with Crippen LogP contribution in [0.4, 0.5) is 0 Å². The van der Waals surface area contributed by atoms with Gasteiger partial charge < -0.3 is 5.32 Å². The molecule has 1 aromatic rings. The molecule has 0 atom stereocenters. The first kappa shape index (κ1) is 11.4. The standard InChI is InChI=1S/C13H14BrNO/c1-2-8-15-12(16)13(6-7-13)10-4-3-5-11(14)9-10/h2-5,9H,1,6-8H2,(H,15,16). The molecule has 84 valence electrons. The van der Waals surface area contributed by atoms with Crippen molar-refractivity contribution in [3.05, 3.63) is 47.0 Å². The lowest BCUT2D eigenvalue weighted by atomic mass is 9.95. The van der Waals surface area contributed by atoms with Gasteiger partial charge in [-0.2, -0.15) is 0 Å². The summed E-state index contributed by atoms with van der Waals surface area (Å²) < 4.78 is 1.02. The Morgan fingerprint density at radius 2 is 2.31 bits per heavy atom. The Balaban J connectivity index is 2.19. The second-order valence-corrected chi connectivity index (χ2v) is 5.01. The first-order valence-electron chi connectivity index (χ1n) is 5.34. The van der Waals surface area contributed by atoms with Crippen LogP contribution in [0.3, 0.4) is 0 Å². The number of halogens is 1. The molecule has 1 aliphatic rings. The third-order valence-electron chi connectivity index (χ3n) is 2.97. The number of carbonyl (C=O) groups is 1. The summed E-state index contributed by atoms with van der Waals surface area (Å²) in [7, 11) is 0. The maximum absolute atomic E-state index is 12.0. The molecule has 0 unspecified atom stereocenters. The molecule has 0 aromatic heterocycles. The fourth-order valence-electron chi connectivity index (χ4n) is 1.89. The fraction of sp³-hybridized carbons (Fsp3) is 0.308. The van der Waals surface area contributed by atoms with Crippen LogP contribution in [0.1, 0.15) is 18.4 Å². The van der Waals surface area contributed by atoms with Crippen molar-refractivity contribution in [1.29, 1.82) is 0 Å². The third kappa shape index (κ3) is 2.05. The SMILES string of the molecule is C=CCNC(=O)C1(c2cccc(Br)c2)CC1. The maximum Gasteiger partial charge on any atom is 0.230 e. The Hall–Kier alpha value is -1.09. The monoisotopic (exact) mass is 279 g/mol. The molecule has 16 heavy (non-hydrogen) atoms. The highest BCUT2D eigenvalue weighted by atomic mass is 79.9. The summed E-state index contributed by atoms with van der Waals surface area (Å²) in [5.41, 5.74) is 0.815. The fourth-order valence-corrected chi connectivity index (χ4v) is 2.29. The van der Waals surface area contributed by atoms with Crippen molar-refractivity contribution in [2.24, 2.45) is 0 Å². The zero-order chi connectivity index (χ0) is 11.6. The molecule has 1 aliphatic carbocycles. The van der Waals surface area contributed by atoms with Gasteiger partial charge in [-0.25, -0.2) is 0 Å². The minimum atomic E-state index is -0.285. The lowest BCUT2D eigenvalue weighted by molar-refractivity contribution is -0.123. The smallest absolute Gasteiger partial charge is 0.230 e. The maximum atomic E-state index is 12.0. The van der Waals surface area contributed by atoms with Gasteiger partial charge in [0.25, 0.3) is 0 Å². The largest absolute Gasteiger partial charge is 0.352 e. The Morgan fingerprint density at radius 1 is 1.56 bits per heavy atom. The van der Waals surface area contributed by atoms with E-state index >= 15 is 0 Å². The topological polar surface area (TPSA) is 29.1 Å². The van der Waals surface area contributed by atoms with E-state index in [0.29, 0.717) is 6.54 Å². The minimum Gasteiger partial charge on any atom is -0.352 e. The third-order valence-corrected chi connectivity index (χ3v) is 3.46. The van der Waals surface area contributed by atoms with E-state index in [2.05, 4.69) is 27.8 Å². The molecule has 0 bridgehead atoms. The Labute approximate surface area is 104 Å². The van der Waals surface area contributed by atoms with Gasteiger partial charge in [-0.15, -0.1) is 6.58 Å². The molecule has 2 rings (SSSR count). The number of amides is 1. The normalized spacial score (nSPS) is 16.6. The predicted molar refractivity (Wildman–Crippen MR) is 68.3 cm³/mol. The molecular weight excluding hydrogens is 266 g/mol. The Kier molecular flexibility index (Phi) is 3.15. The quantitative estimate of drug-likeness (QED) is 0.844. The summed E-state index contributed by atoms with van der Waals surface area (Å²) in [4.78, 5) is 12.0. The van der Waals surface area contributed by atoms with Gasteiger partial charge in [0, 0.05) is 11.0 Å². The number of nitrogens with one attached hydrogen (secondary N) is 1. The number of rotatable bonds is 4. The second kappa shape index (κ2) is 4.42. The van der Waals surface area contributed by atoms with Crippen molar-refractivity contribution in [3.63, 3.8) is 0 Å². The molecule has 1 amide bonds. The van der Waals surface area contributed by atoms with Gasteiger partial charge in [0.2, 0.25) is 5.91 Å². The van der Waals surface area contributed by atoms with Crippen LogP contribution in [0.5, 0.6) is 0 Å². The molecule has 0 heterocycles. The summed E-state index contributed by atoms with van der Waals surface area (Å²) in [5.74, 6) is 0.116. The van der Waals surface area contributed by atoms with E-state index < -0.39 is 0 Å². The van der Waals surface area contributed by atoms with Crippen LogP contribution in [0.25, 0.3) is 0 Å². The van der Waals surface area contributed by atoms with Crippen molar-refractivity contribution in [2.45, 2.75) is 18.3 Å². The molecule has 2 nitrogen and oxygen atoms in total. The highest BCUT2D eigenvalue weighted by molar-refractivity contribution is 9.10. The van der Waals surface area contributed by atoms with Gasteiger partial charge >= 0.3 is 0 Å². The average molecular weight is 280 g/mol. The van der Waals surface area contributed by atoms with Gasteiger partial charge in [-0.05, 0) is 30.5 Å². The van der Waals surface area contributed by atoms with E-state index in [1.54, 1.807) is 6.08 Å². The van der Waals surface area contributed by atoms with Gasteiger partial charge in [-0.1, -0.05) is 34.1 Å². The molecule has 0 aliphatic heterocycles. The lowest BCUT2D eigenvalue weighted by Crippen LogP contribution is -2.34. The zero-order valence-corrected chi connectivity index (χ0v) is 10.6. The number of hydrogen-bond acceptors (Lipinski definition) is 1. The van der Waals surface area contributed by atoms with Crippen LogP contribution in [0.2, 0.25) is 0 Å². The first-order chi connectivity index (χ1) is 7.69. The summed E-state index contributed by atoms with van der Waals surface area (Å²) in [6.45, 7) is 4.14. The van der Waals surface area contributed by atoms with Crippen LogP contribution < -0.4 is 5.32 Å². The van der Waals surface area contributed by atoms with Gasteiger partial charge in [0.1, 0.15) is 0 Å². The first-order valence-corrected chi connectivity index (χ1v) is 6.13. The summed E-state index contributed by atoms with van der Waals surface area (Å²) in [5, 5.41) is 2.88. The number of benzene rings is 1. The van der Waals surface area contributed by atoms with Crippen LogP contribution in [-0.2, 0) is 10.2 Å². The molecule has 0 spiro atoms. The van der Waals surface area contributed by atoms with Gasteiger partial charge in [-0.3, -0.25) is 4.79 Å². The minimum absolute atomic E-state index is 0.116. The zero-order valence-electron chi connectivity index (χ0n) is 9.00. The molecule has 1 N–H and O–H groups in total. The summed E-state index contributed by atoms with van der Waals surface area (Å²) >= 11 is 3.44. The van der Waals surface area contributed by atoms with E-state index in [1.807, 2.05) is 24.3 Å². The molecule has 1 fully saturated rings. The average Bonchev–Trinajstić information content (AvgIpc) is 3.07. The van der Waals surface area contributed by atoms with E-state index in [9.17, 15) is 4.79 Å². The highest BCUT2D eigenvalue weighted by Gasteiger charge is 2.50. The van der Waals surface area contributed by atoms with E-state index in [4.69, 9.17) is 0 Å². The highest BCUT2D eigenvalue weighted by Crippen LogP contribution is 2.48. The second-order valence-electron chi connectivity index (χ2n) is 4.09.